The topological polar surface area (TPSA) is 58.0 Å². The second kappa shape index (κ2) is 2.25. The van der Waals surface area contributed by atoms with Gasteiger partial charge in [0.2, 0.25) is 0 Å². The predicted octanol–water partition coefficient (Wildman–Crippen LogP) is -0.733. The molecule has 1 aliphatic rings. The zero-order chi connectivity index (χ0) is 7.73. The van der Waals surface area contributed by atoms with Gasteiger partial charge < -0.3 is 10.4 Å². The Balaban J connectivity index is 2.29. The summed E-state index contributed by atoms with van der Waals surface area (Å²) in [5.41, 5.74) is 0.0695. The van der Waals surface area contributed by atoms with Crippen LogP contribution in [0, 0.1) is 0 Å². The maximum atomic E-state index is 9.74. The summed E-state index contributed by atoms with van der Waals surface area (Å²) in [4.78, 5) is 7.67. The smallest absolute Gasteiger partial charge is 0.117 e. The van der Waals surface area contributed by atoms with E-state index in [1.807, 2.05) is 0 Å². The van der Waals surface area contributed by atoms with Crippen LogP contribution in [0.2, 0.25) is 0 Å². The van der Waals surface area contributed by atoms with E-state index in [9.17, 15) is 5.11 Å². The van der Waals surface area contributed by atoms with Gasteiger partial charge in [-0.2, -0.15) is 0 Å². The molecule has 58 valence electrons. The largest absolute Gasteiger partial charge is 0.382 e. The maximum Gasteiger partial charge on any atom is 0.117 e. The van der Waals surface area contributed by atoms with Crippen molar-refractivity contribution in [3.05, 3.63) is 24.3 Å². The van der Waals surface area contributed by atoms with Gasteiger partial charge in [-0.05, 0) is 0 Å². The quantitative estimate of drug-likeness (QED) is 0.555. The van der Waals surface area contributed by atoms with Crippen LogP contribution < -0.4 is 5.32 Å². The number of hydrogen-bond acceptors (Lipinski definition) is 4. The minimum atomic E-state index is -0.721. The van der Waals surface area contributed by atoms with E-state index >= 15 is 0 Å². The molecule has 1 aromatic rings. The predicted molar refractivity (Wildman–Crippen MR) is 38.8 cm³/mol. The summed E-state index contributed by atoms with van der Waals surface area (Å²) < 4.78 is 0. The van der Waals surface area contributed by atoms with Crippen molar-refractivity contribution in [2.75, 3.05) is 13.1 Å². The van der Waals surface area contributed by atoms with Crippen LogP contribution in [0.25, 0.3) is 0 Å². The van der Waals surface area contributed by atoms with Crippen LogP contribution in [0.15, 0.2) is 18.7 Å². The lowest BCUT2D eigenvalue weighted by Gasteiger charge is -2.37. The molecule has 2 rings (SSSR count). The van der Waals surface area contributed by atoms with Gasteiger partial charge in [-0.15, -0.1) is 0 Å². The molecule has 0 aromatic carbocycles. The summed E-state index contributed by atoms with van der Waals surface area (Å²) in [5, 5.41) is 12.7. The molecule has 2 heterocycles. The first kappa shape index (κ1) is 6.69. The second-order valence-electron chi connectivity index (χ2n) is 2.76. The van der Waals surface area contributed by atoms with Crippen molar-refractivity contribution in [3.63, 3.8) is 0 Å². The number of β-amino-alcohol motifs (C(OH)–C–C–N with tert-alkyl or cyclic N) is 1. The van der Waals surface area contributed by atoms with Gasteiger partial charge in [0.05, 0.1) is 0 Å². The molecule has 1 saturated heterocycles. The third-order valence-corrected chi connectivity index (χ3v) is 1.93. The van der Waals surface area contributed by atoms with Gasteiger partial charge in [-0.25, -0.2) is 9.97 Å². The Morgan fingerprint density at radius 2 is 2.00 bits per heavy atom. The van der Waals surface area contributed by atoms with E-state index in [2.05, 4.69) is 15.3 Å². The molecule has 4 heteroatoms. The minimum absolute atomic E-state index is 0.598. The van der Waals surface area contributed by atoms with E-state index in [1.165, 1.54) is 6.33 Å². The van der Waals surface area contributed by atoms with E-state index in [0.717, 1.165) is 5.56 Å². The van der Waals surface area contributed by atoms with Gasteiger partial charge in [0.25, 0.3) is 0 Å². The fourth-order valence-corrected chi connectivity index (χ4v) is 1.11. The maximum absolute atomic E-state index is 9.74. The normalized spacial score (nSPS) is 20.8. The molecule has 0 spiro atoms. The molecular formula is C7H9N3O. The van der Waals surface area contributed by atoms with Crippen molar-refractivity contribution in [1.82, 2.24) is 15.3 Å². The van der Waals surface area contributed by atoms with Crippen molar-refractivity contribution in [3.8, 4) is 0 Å². The molecule has 2 N–H and O–H groups in total. The van der Waals surface area contributed by atoms with Gasteiger partial charge in [0.15, 0.2) is 0 Å². The van der Waals surface area contributed by atoms with Crippen LogP contribution in [-0.4, -0.2) is 28.2 Å². The average molecular weight is 151 g/mol. The Labute approximate surface area is 64.3 Å². The molecule has 1 aliphatic heterocycles. The van der Waals surface area contributed by atoms with Gasteiger partial charge in [0, 0.05) is 31.0 Å². The first-order valence-corrected chi connectivity index (χ1v) is 3.50. The summed E-state index contributed by atoms with van der Waals surface area (Å²) in [7, 11) is 0. The summed E-state index contributed by atoms with van der Waals surface area (Å²) in [6, 6.07) is 0. The van der Waals surface area contributed by atoms with Crippen LogP contribution in [0.5, 0.6) is 0 Å². The number of nitrogens with zero attached hydrogens (tertiary/aromatic N) is 2. The van der Waals surface area contributed by atoms with Crippen molar-refractivity contribution in [1.29, 1.82) is 0 Å². The highest BCUT2D eigenvalue weighted by Gasteiger charge is 2.36. The van der Waals surface area contributed by atoms with E-state index in [4.69, 9.17) is 0 Å². The Morgan fingerprint density at radius 3 is 2.45 bits per heavy atom. The highest BCUT2D eigenvalue weighted by molar-refractivity contribution is 5.19. The van der Waals surface area contributed by atoms with Crippen LogP contribution >= 0.6 is 0 Å². The Hall–Kier alpha value is -1.00. The zero-order valence-corrected chi connectivity index (χ0v) is 5.99. The molecule has 0 saturated carbocycles. The summed E-state index contributed by atoms with van der Waals surface area (Å²) in [6.07, 6.45) is 4.75. The summed E-state index contributed by atoms with van der Waals surface area (Å²) in [6.45, 7) is 1.20. The van der Waals surface area contributed by atoms with Gasteiger partial charge in [0.1, 0.15) is 11.9 Å². The third-order valence-electron chi connectivity index (χ3n) is 1.93. The number of hydrogen-bond donors (Lipinski definition) is 2. The molecule has 0 bridgehead atoms. The molecule has 0 unspecified atom stereocenters. The lowest BCUT2D eigenvalue weighted by molar-refractivity contribution is -0.0152. The molecule has 11 heavy (non-hydrogen) atoms. The minimum Gasteiger partial charge on any atom is -0.382 e. The van der Waals surface area contributed by atoms with Crippen LogP contribution in [0.1, 0.15) is 5.56 Å². The number of rotatable bonds is 1. The van der Waals surface area contributed by atoms with E-state index in [0.29, 0.717) is 13.1 Å². The first-order chi connectivity index (χ1) is 5.31. The van der Waals surface area contributed by atoms with Crippen LogP contribution in [0.3, 0.4) is 0 Å². The molecule has 4 nitrogen and oxygen atoms in total. The Morgan fingerprint density at radius 1 is 1.36 bits per heavy atom. The molecule has 0 amide bonds. The third kappa shape index (κ3) is 1.00. The fraction of sp³-hybridized carbons (Fsp3) is 0.429. The van der Waals surface area contributed by atoms with E-state index in [1.54, 1.807) is 12.4 Å². The van der Waals surface area contributed by atoms with Crippen molar-refractivity contribution in [2.24, 2.45) is 0 Å². The van der Waals surface area contributed by atoms with E-state index in [-0.39, 0.29) is 0 Å². The molecule has 1 aromatic heterocycles. The molecule has 1 fully saturated rings. The van der Waals surface area contributed by atoms with Gasteiger partial charge in [-0.1, -0.05) is 0 Å². The fourth-order valence-electron chi connectivity index (χ4n) is 1.11. The Bertz CT molecular complexity index is 245. The molecule has 0 aliphatic carbocycles. The second-order valence-corrected chi connectivity index (χ2v) is 2.76. The number of aromatic nitrogens is 2. The molecular weight excluding hydrogens is 142 g/mol. The molecule has 0 radical (unpaired) electrons. The molecule has 0 atom stereocenters. The van der Waals surface area contributed by atoms with Gasteiger partial charge in [-0.3, -0.25) is 0 Å². The monoisotopic (exact) mass is 151 g/mol. The highest BCUT2D eigenvalue weighted by Crippen LogP contribution is 2.22. The lowest BCUT2D eigenvalue weighted by Crippen LogP contribution is -2.56. The first-order valence-electron chi connectivity index (χ1n) is 3.50. The SMILES string of the molecule is OC1(c2cncnc2)CNC1. The Kier molecular flexibility index (Phi) is 1.37. The summed E-state index contributed by atoms with van der Waals surface area (Å²) >= 11 is 0. The summed E-state index contributed by atoms with van der Waals surface area (Å²) in [5.74, 6) is 0. The number of aliphatic hydroxyl groups is 1. The van der Waals surface area contributed by atoms with Crippen molar-refractivity contribution >= 4 is 0 Å². The van der Waals surface area contributed by atoms with Gasteiger partial charge >= 0.3 is 0 Å². The number of nitrogens with one attached hydrogen (secondary N) is 1. The lowest BCUT2D eigenvalue weighted by atomic mass is 9.90. The van der Waals surface area contributed by atoms with Crippen LogP contribution in [0.4, 0.5) is 0 Å². The highest BCUT2D eigenvalue weighted by atomic mass is 16.3. The zero-order valence-electron chi connectivity index (χ0n) is 5.99. The van der Waals surface area contributed by atoms with Crippen LogP contribution in [-0.2, 0) is 5.60 Å². The standard InChI is InChI=1S/C7H9N3O/c11-7(3-10-4-7)6-1-8-5-9-2-6/h1-2,5,10-11H,3-4H2. The average Bonchev–Trinajstić information content (AvgIpc) is 2.02. The van der Waals surface area contributed by atoms with E-state index < -0.39 is 5.60 Å². The van der Waals surface area contributed by atoms with Crippen molar-refractivity contribution in [2.45, 2.75) is 5.60 Å². The van der Waals surface area contributed by atoms with Crippen molar-refractivity contribution < 1.29 is 5.11 Å².